The molecule has 0 unspecified atom stereocenters. The lowest BCUT2D eigenvalue weighted by atomic mass is 10.2. The van der Waals surface area contributed by atoms with Crippen molar-refractivity contribution >= 4 is 11.2 Å². The average Bonchev–Trinajstić information content (AvgIpc) is 3.27. The van der Waals surface area contributed by atoms with Crippen LogP contribution in [-0.4, -0.2) is 15.0 Å². The molecule has 31 heavy (non-hydrogen) atoms. The molecule has 2 heterocycles. The number of aromatic amines is 1. The molecular weight excluding hydrogens is 386 g/mol. The monoisotopic (exact) mass is 407 g/mol. The first-order valence-corrected chi connectivity index (χ1v) is 10.1. The Kier molecular flexibility index (Phi) is 5.31. The van der Waals surface area contributed by atoms with E-state index in [0.29, 0.717) is 13.2 Å². The minimum Gasteiger partial charge on any atom is -0.489 e. The van der Waals surface area contributed by atoms with Gasteiger partial charge >= 0.3 is 0 Å². The number of fused-ring (bicyclic) bond motifs is 1. The predicted octanol–water partition coefficient (Wildman–Crippen LogP) is 5.78. The molecule has 0 saturated carbocycles. The summed E-state index contributed by atoms with van der Waals surface area (Å²) in [5, 5.41) is 0. The number of aromatic nitrogens is 3. The largest absolute Gasteiger partial charge is 0.489 e. The molecule has 0 radical (unpaired) electrons. The third-order valence-corrected chi connectivity index (χ3v) is 4.91. The van der Waals surface area contributed by atoms with Gasteiger partial charge in [0.2, 0.25) is 0 Å². The summed E-state index contributed by atoms with van der Waals surface area (Å²) in [4.78, 5) is 12.3. The quantitative estimate of drug-likeness (QED) is 0.371. The van der Waals surface area contributed by atoms with Gasteiger partial charge in [0.05, 0.1) is 0 Å². The zero-order valence-electron chi connectivity index (χ0n) is 16.9. The zero-order valence-corrected chi connectivity index (χ0v) is 16.9. The Labute approximate surface area is 180 Å². The summed E-state index contributed by atoms with van der Waals surface area (Å²) in [6.45, 7) is 0.953. The van der Waals surface area contributed by atoms with Gasteiger partial charge < -0.3 is 14.5 Å². The Morgan fingerprint density at radius 2 is 1.29 bits per heavy atom. The fraction of sp³-hybridized carbons (Fsp3) is 0.0769. The van der Waals surface area contributed by atoms with E-state index in [1.54, 1.807) is 6.20 Å². The van der Waals surface area contributed by atoms with Crippen LogP contribution in [0, 0.1) is 0 Å². The van der Waals surface area contributed by atoms with Crippen LogP contribution in [0.1, 0.15) is 11.1 Å². The lowest BCUT2D eigenvalue weighted by molar-refractivity contribution is 0.290. The van der Waals surface area contributed by atoms with Gasteiger partial charge in [0.25, 0.3) is 0 Å². The van der Waals surface area contributed by atoms with E-state index < -0.39 is 0 Å². The van der Waals surface area contributed by atoms with E-state index in [1.807, 2.05) is 91.0 Å². The Morgan fingerprint density at radius 3 is 1.87 bits per heavy atom. The van der Waals surface area contributed by atoms with Gasteiger partial charge in [-0.3, -0.25) is 0 Å². The molecule has 0 amide bonds. The van der Waals surface area contributed by atoms with E-state index in [1.165, 1.54) is 0 Å². The molecule has 0 saturated heterocycles. The smallest absolute Gasteiger partial charge is 0.157 e. The predicted molar refractivity (Wildman–Crippen MR) is 121 cm³/mol. The maximum absolute atomic E-state index is 6.08. The number of rotatable bonds is 7. The van der Waals surface area contributed by atoms with Crippen molar-refractivity contribution in [1.82, 2.24) is 15.0 Å². The molecule has 0 spiro atoms. The first-order valence-electron chi connectivity index (χ1n) is 10.1. The fourth-order valence-corrected chi connectivity index (χ4v) is 3.34. The van der Waals surface area contributed by atoms with Crippen molar-refractivity contribution in [3.63, 3.8) is 0 Å². The van der Waals surface area contributed by atoms with Gasteiger partial charge in [-0.05, 0) is 35.4 Å². The van der Waals surface area contributed by atoms with Gasteiger partial charge in [0.1, 0.15) is 36.1 Å². The second-order valence-electron chi connectivity index (χ2n) is 7.20. The Hall–Kier alpha value is -4.12. The van der Waals surface area contributed by atoms with Crippen LogP contribution in [0.3, 0.4) is 0 Å². The SMILES string of the molecule is c1ccc(COc2cc(OCc3ccccc3)cc(-c3nc4cccnc4[nH]3)c2)cc1. The van der Waals surface area contributed by atoms with Crippen LogP contribution in [-0.2, 0) is 13.2 Å². The molecule has 0 aliphatic rings. The van der Waals surface area contributed by atoms with Crippen LogP contribution in [0.4, 0.5) is 0 Å². The number of nitrogens with zero attached hydrogens (tertiary/aromatic N) is 2. The third-order valence-electron chi connectivity index (χ3n) is 4.91. The number of hydrogen-bond acceptors (Lipinski definition) is 4. The lowest BCUT2D eigenvalue weighted by Gasteiger charge is -2.12. The molecule has 152 valence electrons. The number of pyridine rings is 1. The average molecular weight is 407 g/mol. The highest BCUT2D eigenvalue weighted by molar-refractivity contribution is 5.76. The van der Waals surface area contributed by atoms with Gasteiger partial charge in [-0.15, -0.1) is 0 Å². The topological polar surface area (TPSA) is 60.0 Å². The summed E-state index contributed by atoms with van der Waals surface area (Å²) in [7, 11) is 0. The Morgan fingerprint density at radius 1 is 0.677 bits per heavy atom. The summed E-state index contributed by atoms with van der Waals surface area (Å²) in [6, 6.07) is 29.8. The van der Waals surface area contributed by atoms with E-state index in [0.717, 1.165) is 45.2 Å². The molecule has 2 aromatic heterocycles. The number of imidazole rings is 1. The van der Waals surface area contributed by atoms with Crippen LogP contribution in [0.2, 0.25) is 0 Å². The zero-order chi connectivity index (χ0) is 20.9. The number of ether oxygens (including phenoxy) is 2. The van der Waals surface area contributed by atoms with E-state index in [4.69, 9.17) is 9.47 Å². The highest BCUT2D eigenvalue weighted by atomic mass is 16.5. The summed E-state index contributed by atoms with van der Waals surface area (Å²) in [5.74, 6) is 2.17. The maximum atomic E-state index is 6.08. The summed E-state index contributed by atoms with van der Waals surface area (Å²) >= 11 is 0. The molecule has 0 aliphatic heterocycles. The second kappa shape index (κ2) is 8.71. The van der Waals surface area contributed by atoms with Crippen molar-refractivity contribution in [3.05, 3.63) is 108 Å². The first kappa shape index (κ1) is 18.9. The van der Waals surface area contributed by atoms with Crippen LogP contribution < -0.4 is 9.47 Å². The van der Waals surface area contributed by atoms with Gasteiger partial charge in [-0.2, -0.15) is 0 Å². The van der Waals surface area contributed by atoms with Crippen molar-refractivity contribution < 1.29 is 9.47 Å². The molecule has 0 atom stereocenters. The molecule has 5 nitrogen and oxygen atoms in total. The number of hydrogen-bond donors (Lipinski definition) is 1. The highest BCUT2D eigenvalue weighted by Gasteiger charge is 2.11. The van der Waals surface area contributed by atoms with Gasteiger partial charge in [0.15, 0.2) is 5.65 Å². The lowest BCUT2D eigenvalue weighted by Crippen LogP contribution is -1.99. The van der Waals surface area contributed by atoms with Crippen molar-refractivity contribution in [2.24, 2.45) is 0 Å². The van der Waals surface area contributed by atoms with Crippen LogP contribution in [0.25, 0.3) is 22.6 Å². The van der Waals surface area contributed by atoms with E-state index in [9.17, 15) is 0 Å². The standard InChI is InChI=1S/C26H21N3O2/c1-3-8-19(9-4-1)17-30-22-14-21(25-28-24-12-7-13-27-26(24)29-25)15-23(16-22)31-18-20-10-5-2-6-11-20/h1-16H,17-18H2,(H,27,28,29). The molecule has 0 bridgehead atoms. The third kappa shape index (κ3) is 4.56. The van der Waals surface area contributed by atoms with E-state index in [-0.39, 0.29) is 0 Å². The highest BCUT2D eigenvalue weighted by Crippen LogP contribution is 2.30. The number of nitrogens with one attached hydrogen (secondary N) is 1. The van der Waals surface area contributed by atoms with Crippen molar-refractivity contribution in [3.8, 4) is 22.9 Å². The summed E-state index contributed by atoms with van der Waals surface area (Å²) in [5.41, 5.74) is 4.66. The van der Waals surface area contributed by atoms with Crippen LogP contribution >= 0.6 is 0 Å². The molecule has 0 aliphatic carbocycles. The fourth-order valence-electron chi connectivity index (χ4n) is 3.34. The molecule has 5 heteroatoms. The van der Waals surface area contributed by atoms with Crippen LogP contribution in [0.5, 0.6) is 11.5 Å². The minimum absolute atomic E-state index is 0.476. The van der Waals surface area contributed by atoms with Crippen molar-refractivity contribution in [2.45, 2.75) is 13.2 Å². The molecule has 3 aromatic carbocycles. The van der Waals surface area contributed by atoms with E-state index >= 15 is 0 Å². The molecule has 5 rings (SSSR count). The molecule has 5 aromatic rings. The molecular formula is C26H21N3O2. The van der Waals surface area contributed by atoms with Gasteiger partial charge in [-0.25, -0.2) is 9.97 Å². The van der Waals surface area contributed by atoms with E-state index in [2.05, 4.69) is 15.0 Å². The van der Waals surface area contributed by atoms with Gasteiger partial charge in [0, 0.05) is 17.8 Å². The number of H-pyrrole nitrogens is 1. The molecule has 1 N–H and O–H groups in total. The van der Waals surface area contributed by atoms with Crippen molar-refractivity contribution in [2.75, 3.05) is 0 Å². The van der Waals surface area contributed by atoms with Crippen LogP contribution in [0.15, 0.2) is 97.2 Å². The Balaban J connectivity index is 1.45. The maximum Gasteiger partial charge on any atom is 0.157 e. The Bertz CT molecular complexity index is 1190. The minimum atomic E-state index is 0.476. The first-order chi connectivity index (χ1) is 15.3. The second-order valence-corrected chi connectivity index (χ2v) is 7.20. The normalized spacial score (nSPS) is 10.8. The molecule has 0 fully saturated rings. The summed E-state index contributed by atoms with van der Waals surface area (Å²) in [6.07, 6.45) is 1.75. The number of benzene rings is 3. The van der Waals surface area contributed by atoms with Gasteiger partial charge in [-0.1, -0.05) is 60.7 Å². The van der Waals surface area contributed by atoms with Crippen molar-refractivity contribution in [1.29, 1.82) is 0 Å². The summed E-state index contributed by atoms with van der Waals surface area (Å²) < 4.78 is 12.2.